The van der Waals surface area contributed by atoms with Crippen LogP contribution in [0.1, 0.15) is 32.8 Å². The SMILES string of the molecule is CCn1cc(CN(CCC(N)=S)C(C)C)cn1. The van der Waals surface area contributed by atoms with Crippen molar-refractivity contribution in [3.05, 3.63) is 18.0 Å². The highest BCUT2D eigenvalue weighted by Gasteiger charge is 2.11. The van der Waals surface area contributed by atoms with Crippen molar-refractivity contribution in [2.75, 3.05) is 6.54 Å². The van der Waals surface area contributed by atoms with E-state index in [-0.39, 0.29) is 0 Å². The van der Waals surface area contributed by atoms with Crippen LogP contribution < -0.4 is 5.73 Å². The maximum atomic E-state index is 5.55. The Morgan fingerprint density at radius 2 is 2.29 bits per heavy atom. The van der Waals surface area contributed by atoms with E-state index >= 15 is 0 Å². The molecule has 0 aliphatic carbocycles. The van der Waals surface area contributed by atoms with Gasteiger partial charge in [-0.15, -0.1) is 0 Å². The summed E-state index contributed by atoms with van der Waals surface area (Å²) in [6.45, 7) is 9.18. The van der Waals surface area contributed by atoms with Gasteiger partial charge in [-0.3, -0.25) is 9.58 Å². The van der Waals surface area contributed by atoms with Crippen LogP contribution in [-0.4, -0.2) is 32.3 Å². The second-order valence-corrected chi connectivity index (χ2v) is 5.01. The summed E-state index contributed by atoms with van der Waals surface area (Å²) < 4.78 is 1.95. The Labute approximate surface area is 109 Å². The van der Waals surface area contributed by atoms with Crippen molar-refractivity contribution in [1.29, 1.82) is 0 Å². The van der Waals surface area contributed by atoms with E-state index in [4.69, 9.17) is 18.0 Å². The van der Waals surface area contributed by atoms with Crippen LogP contribution in [0.3, 0.4) is 0 Å². The standard InChI is InChI=1S/C12H22N4S/c1-4-16-9-11(7-14-16)8-15(10(2)3)6-5-12(13)17/h7,9-10H,4-6,8H2,1-3H3,(H2,13,17). The molecule has 17 heavy (non-hydrogen) atoms. The highest BCUT2D eigenvalue weighted by Crippen LogP contribution is 2.08. The van der Waals surface area contributed by atoms with Crippen LogP contribution in [0.2, 0.25) is 0 Å². The molecule has 0 fully saturated rings. The minimum absolute atomic E-state index is 0.481. The fourth-order valence-electron chi connectivity index (χ4n) is 1.67. The first kappa shape index (κ1) is 14.1. The van der Waals surface area contributed by atoms with Gasteiger partial charge in [-0.2, -0.15) is 5.10 Å². The predicted octanol–water partition coefficient (Wildman–Crippen LogP) is 1.79. The fourth-order valence-corrected chi connectivity index (χ4v) is 1.76. The zero-order valence-corrected chi connectivity index (χ0v) is 11.7. The molecule has 4 nitrogen and oxygen atoms in total. The molecule has 0 aliphatic rings. The Morgan fingerprint density at radius 3 is 2.76 bits per heavy atom. The number of rotatable bonds is 7. The lowest BCUT2D eigenvalue weighted by molar-refractivity contribution is 0.219. The van der Waals surface area contributed by atoms with Crippen LogP contribution >= 0.6 is 12.2 Å². The molecular formula is C12H22N4S. The van der Waals surface area contributed by atoms with Gasteiger partial charge < -0.3 is 5.73 Å². The summed E-state index contributed by atoms with van der Waals surface area (Å²) >= 11 is 4.92. The average molecular weight is 254 g/mol. The minimum atomic E-state index is 0.481. The molecular weight excluding hydrogens is 232 g/mol. The number of hydrogen-bond donors (Lipinski definition) is 1. The second kappa shape index (κ2) is 6.71. The molecule has 1 aromatic rings. The highest BCUT2D eigenvalue weighted by atomic mass is 32.1. The van der Waals surface area contributed by atoms with Crippen LogP contribution in [0, 0.1) is 0 Å². The normalized spacial score (nSPS) is 11.4. The summed E-state index contributed by atoms with van der Waals surface area (Å²) in [5.74, 6) is 0. The van der Waals surface area contributed by atoms with Crippen molar-refractivity contribution in [3.8, 4) is 0 Å². The summed E-state index contributed by atoms with van der Waals surface area (Å²) in [4.78, 5) is 2.94. The minimum Gasteiger partial charge on any atom is -0.393 e. The molecule has 1 aromatic heterocycles. The van der Waals surface area contributed by atoms with E-state index < -0.39 is 0 Å². The van der Waals surface area contributed by atoms with E-state index in [1.165, 1.54) is 5.56 Å². The lowest BCUT2D eigenvalue weighted by Crippen LogP contribution is -2.33. The molecule has 0 spiro atoms. The van der Waals surface area contributed by atoms with Crippen molar-refractivity contribution >= 4 is 17.2 Å². The Hall–Kier alpha value is -0.940. The van der Waals surface area contributed by atoms with E-state index in [9.17, 15) is 0 Å². The Balaban J connectivity index is 2.56. The van der Waals surface area contributed by atoms with Gasteiger partial charge in [-0.1, -0.05) is 12.2 Å². The van der Waals surface area contributed by atoms with E-state index in [0.717, 1.165) is 26.1 Å². The van der Waals surface area contributed by atoms with Crippen molar-refractivity contribution in [2.24, 2.45) is 5.73 Å². The molecule has 96 valence electrons. The largest absolute Gasteiger partial charge is 0.393 e. The smallest absolute Gasteiger partial charge is 0.0740 e. The Bertz CT molecular complexity index is 359. The molecule has 0 saturated heterocycles. The van der Waals surface area contributed by atoms with Gasteiger partial charge in [0.2, 0.25) is 0 Å². The third-order valence-electron chi connectivity index (χ3n) is 2.77. The average Bonchev–Trinajstić information content (AvgIpc) is 2.71. The first-order chi connectivity index (χ1) is 8.02. The number of aromatic nitrogens is 2. The first-order valence-corrected chi connectivity index (χ1v) is 6.47. The predicted molar refractivity (Wildman–Crippen MR) is 74.8 cm³/mol. The topological polar surface area (TPSA) is 47.1 Å². The van der Waals surface area contributed by atoms with E-state index in [1.807, 2.05) is 10.9 Å². The van der Waals surface area contributed by atoms with Gasteiger partial charge in [0, 0.05) is 43.9 Å². The molecule has 0 amide bonds. The van der Waals surface area contributed by atoms with Crippen LogP contribution in [0.4, 0.5) is 0 Å². The summed E-state index contributed by atoms with van der Waals surface area (Å²) in [6, 6.07) is 0.481. The first-order valence-electron chi connectivity index (χ1n) is 6.06. The van der Waals surface area contributed by atoms with Crippen molar-refractivity contribution < 1.29 is 0 Å². The number of hydrogen-bond acceptors (Lipinski definition) is 3. The Morgan fingerprint density at radius 1 is 1.59 bits per heavy atom. The highest BCUT2D eigenvalue weighted by molar-refractivity contribution is 7.80. The van der Waals surface area contributed by atoms with E-state index in [1.54, 1.807) is 0 Å². The number of aryl methyl sites for hydroxylation is 1. The molecule has 0 radical (unpaired) electrons. The zero-order valence-electron chi connectivity index (χ0n) is 10.9. The van der Waals surface area contributed by atoms with Crippen LogP contribution in [-0.2, 0) is 13.1 Å². The number of nitrogens with two attached hydrogens (primary N) is 1. The molecule has 2 N–H and O–H groups in total. The second-order valence-electron chi connectivity index (χ2n) is 4.48. The summed E-state index contributed by atoms with van der Waals surface area (Å²) in [6.07, 6.45) is 4.80. The van der Waals surface area contributed by atoms with E-state index in [0.29, 0.717) is 11.0 Å². The molecule has 0 bridgehead atoms. The Kier molecular flexibility index (Phi) is 5.58. The van der Waals surface area contributed by atoms with Crippen molar-refractivity contribution in [3.63, 3.8) is 0 Å². The van der Waals surface area contributed by atoms with Crippen molar-refractivity contribution in [1.82, 2.24) is 14.7 Å². The van der Waals surface area contributed by atoms with Gasteiger partial charge in [0.1, 0.15) is 0 Å². The molecule has 0 aromatic carbocycles. The molecule has 0 aliphatic heterocycles. The van der Waals surface area contributed by atoms with Gasteiger partial charge in [0.05, 0.1) is 11.2 Å². The summed E-state index contributed by atoms with van der Waals surface area (Å²) in [5, 5.41) is 4.28. The van der Waals surface area contributed by atoms with Gasteiger partial charge in [0.15, 0.2) is 0 Å². The number of nitrogens with zero attached hydrogens (tertiary/aromatic N) is 3. The van der Waals surface area contributed by atoms with E-state index in [2.05, 4.69) is 37.0 Å². The van der Waals surface area contributed by atoms with Gasteiger partial charge in [-0.25, -0.2) is 0 Å². The lowest BCUT2D eigenvalue weighted by atomic mass is 10.2. The number of thiocarbonyl (C=S) groups is 1. The van der Waals surface area contributed by atoms with Crippen molar-refractivity contribution in [2.45, 2.75) is 46.3 Å². The maximum Gasteiger partial charge on any atom is 0.0740 e. The molecule has 1 rings (SSSR count). The third-order valence-corrected chi connectivity index (χ3v) is 2.98. The molecule has 0 atom stereocenters. The third kappa shape index (κ3) is 4.83. The molecule has 5 heteroatoms. The van der Waals surface area contributed by atoms with Crippen LogP contribution in [0.5, 0.6) is 0 Å². The van der Waals surface area contributed by atoms with Crippen LogP contribution in [0.15, 0.2) is 12.4 Å². The summed E-state index contributed by atoms with van der Waals surface area (Å²) in [5.41, 5.74) is 6.79. The molecule has 0 saturated carbocycles. The molecule has 1 heterocycles. The zero-order chi connectivity index (χ0) is 12.8. The van der Waals surface area contributed by atoms with Gasteiger partial charge in [-0.05, 0) is 20.8 Å². The summed E-state index contributed by atoms with van der Waals surface area (Å²) in [7, 11) is 0. The lowest BCUT2D eigenvalue weighted by Gasteiger charge is -2.25. The van der Waals surface area contributed by atoms with Crippen LogP contribution in [0.25, 0.3) is 0 Å². The van der Waals surface area contributed by atoms with Gasteiger partial charge in [0.25, 0.3) is 0 Å². The quantitative estimate of drug-likeness (QED) is 0.754. The molecule has 0 unspecified atom stereocenters. The van der Waals surface area contributed by atoms with Gasteiger partial charge >= 0.3 is 0 Å². The maximum absolute atomic E-state index is 5.55. The monoisotopic (exact) mass is 254 g/mol. The fraction of sp³-hybridized carbons (Fsp3) is 0.667.